The van der Waals surface area contributed by atoms with Crippen LogP contribution in [0.3, 0.4) is 0 Å². The van der Waals surface area contributed by atoms with Crippen LogP contribution in [0.4, 0.5) is 11.4 Å². The number of nitrogens with one attached hydrogen (secondary N) is 2. The van der Waals surface area contributed by atoms with Gasteiger partial charge in [-0.05, 0) is 69.5 Å². The van der Waals surface area contributed by atoms with Gasteiger partial charge in [0.15, 0.2) is 0 Å². The van der Waals surface area contributed by atoms with E-state index < -0.39 is 9.85 Å². The molecule has 0 aliphatic carbocycles. The van der Waals surface area contributed by atoms with Crippen molar-refractivity contribution in [2.75, 3.05) is 52.4 Å². The molecule has 4 aromatic carbocycles. The highest BCUT2D eigenvalue weighted by Gasteiger charge is 2.32. The lowest BCUT2D eigenvalue weighted by molar-refractivity contribution is -0.387. The van der Waals surface area contributed by atoms with E-state index in [-0.39, 0.29) is 55.9 Å². The summed E-state index contributed by atoms with van der Waals surface area (Å²) in [6.07, 6.45) is 7.10. The van der Waals surface area contributed by atoms with Crippen molar-refractivity contribution in [1.82, 2.24) is 30.7 Å². The Balaban J connectivity index is 1.47. The molecule has 2 aliphatic rings. The lowest BCUT2D eigenvalue weighted by atomic mass is 9.89. The van der Waals surface area contributed by atoms with Crippen molar-refractivity contribution in [3.05, 3.63) is 127 Å². The van der Waals surface area contributed by atoms with E-state index in [4.69, 9.17) is 0 Å². The summed E-state index contributed by atoms with van der Waals surface area (Å²) in [6.45, 7) is 11.2. The van der Waals surface area contributed by atoms with Gasteiger partial charge in [-0.15, -0.1) is 0 Å². The molecule has 63 heavy (non-hydrogen) atoms. The quantitative estimate of drug-likeness (QED) is 0.0517. The standard InChI is InChI=1S/C46H50N8O8S/c1-31(2)35-9-5-7-11-37(35)43-33(15-19-41(57)49-21-25-51(26-22-49)47-29-55)13-17-39(45(43)53(59)60)63-40-18-14-34(16-20-42(58)50-23-27-52(28-24-50)48-30-56)44(46(40)54(61)62)38-12-8-6-10-36(38)32(3)4/h5-20,29-32H,21-28H2,1-4H3,(H,47,55)(H,48,56)/b19-15+,20-16+. The van der Waals surface area contributed by atoms with E-state index in [1.54, 1.807) is 80.5 Å². The number of rotatable bonds is 16. The summed E-state index contributed by atoms with van der Waals surface area (Å²) in [6, 6.07) is 21.2. The number of benzene rings is 4. The van der Waals surface area contributed by atoms with Gasteiger partial charge in [-0.25, -0.2) is 10.0 Å². The minimum absolute atomic E-state index is 0.0342. The van der Waals surface area contributed by atoms with Crippen LogP contribution in [0.5, 0.6) is 0 Å². The van der Waals surface area contributed by atoms with E-state index in [1.807, 2.05) is 52.0 Å². The molecule has 16 nitrogen and oxygen atoms in total. The van der Waals surface area contributed by atoms with Crippen LogP contribution in [-0.4, -0.2) is 107 Å². The highest BCUT2D eigenvalue weighted by Crippen LogP contribution is 2.50. The molecule has 17 heteroatoms. The third kappa shape index (κ3) is 10.7. The molecule has 2 aliphatic heterocycles. The van der Waals surface area contributed by atoms with Gasteiger partial charge in [0.2, 0.25) is 24.6 Å². The Morgan fingerprint density at radius 1 is 0.587 bits per heavy atom. The van der Waals surface area contributed by atoms with Gasteiger partial charge in [-0.3, -0.25) is 50.3 Å². The molecule has 4 aromatic rings. The number of nitro benzene ring substituents is 2. The maximum absolute atomic E-state index is 13.4. The topological polar surface area (TPSA) is 192 Å². The van der Waals surface area contributed by atoms with Gasteiger partial charge < -0.3 is 9.80 Å². The van der Waals surface area contributed by atoms with Crippen molar-refractivity contribution in [1.29, 1.82) is 0 Å². The first-order chi connectivity index (χ1) is 30.3. The van der Waals surface area contributed by atoms with E-state index in [0.717, 1.165) is 22.9 Å². The molecule has 0 spiro atoms. The van der Waals surface area contributed by atoms with Gasteiger partial charge in [0.1, 0.15) is 0 Å². The molecule has 0 atom stereocenters. The summed E-state index contributed by atoms with van der Waals surface area (Å²) in [5.74, 6) is -0.652. The maximum Gasteiger partial charge on any atom is 0.291 e. The highest BCUT2D eigenvalue weighted by molar-refractivity contribution is 7.99. The molecule has 328 valence electrons. The first-order valence-electron chi connectivity index (χ1n) is 20.7. The van der Waals surface area contributed by atoms with Crippen LogP contribution in [-0.2, 0) is 19.2 Å². The Bertz CT molecular complexity index is 2270. The SMILES string of the molecule is CC(C)c1ccccc1-c1c(/C=C/C(=O)N2CCN(NC=O)CC2)ccc(Sc2ccc(/C=C/C(=O)N3CCN(NC=O)CC3)c(-c3ccccc3C(C)C)c2[N+](=O)[O-])c1[N+](=O)[O-]. The molecule has 0 radical (unpaired) electrons. The number of hydrogen-bond acceptors (Lipinski definition) is 11. The van der Waals surface area contributed by atoms with E-state index in [0.29, 0.717) is 87.4 Å². The lowest BCUT2D eigenvalue weighted by Gasteiger charge is -2.33. The first-order valence-corrected chi connectivity index (χ1v) is 21.5. The third-order valence-electron chi connectivity index (χ3n) is 11.1. The molecule has 2 heterocycles. The minimum Gasteiger partial charge on any atom is -0.336 e. The monoisotopic (exact) mass is 874 g/mol. The average Bonchev–Trinajstić information content (AvgIpc) is 3.28. The zero-order chi connectivity index (χ0) is 45.2. The Labute approximate surface area is 369 Å². The number of hydrazine groups is 2. The Hall–Kier alpha value is -6.69. The summed E-state index contributed by atoms with van der Waals surface area (Å²) < 4.78 is 0. The number of nitro groups is 2. The van der Waals surface area contributed by atoms with Crippen molar-refractivity contribution in [3.8, 4) is 22.3 Å². The molecular formula is C46H50N8O8S. The van der Waals surface area contributed by atoms with E-state index in [1.165, 1.54) is 12.2 Å². The molecule has 0 saturated carbocycles. The Morgan fingerprint density at radius 2 is 0.952 bits per heavy atom. The lowest BCUT2D eigenvalue weighted by Crippen LogP contribution is -2.52. The van der Waals surface area contributed by atoms with E-state index in [2.05, 4.69) is 10.9 Å². The smallest absolute Gasteiger partial charge is 0.291 e. The summed E-state index contributed by atoms with van der Waals surface area (Å²) in [7, 11) is 0. The normalized spacial score (nSPS) is 15.0. The number of hydrogen-bond donors (Lipinski definition) is 2. The van der Waals surface area contributed by atoms with Gasteiger partial charge >= 0.3 is 0 Å². The summed E-state index contributed by atoms with van der Waals surface area (Å²) in [5, 5.41) is 30.2. The van der Waals surface area contributed by atoms with Gasteiger partial charge in [-0.2, -0.15) is 0 Å². The van der Waals surface area contributed by atoms with E-state index in [9.17, 15) is 39.4 Å². The fraction of sp³-hybridized carbons (Fsp3) is 0.304. The predicted molar refractivity (Wildman–Crippen MR) is 242 cm³/mol. The van der Waals surface area contributed by atoms with Crippen molar-refractivity contribution in [2.45, 2.75) is 49.3 Å². The molecular weight excluding hydrogens is 825 g/mol. The van der Waals surface area contributed by atoms with Gasteiger partial charge in [-0.1, -0.05) is 100 Å². The van der Waals surface area contributed by atoms with Crippen LogP contribution in [0.25, 0.3) is 34.4 Å². The van der Waals surface area contributed by atoms with Crippen molar-refractivity contribution < 1.29 is 29.0 Å². The van der Waals surface area contributed by atoms with Crippen LogP contribution in [0.1, 0.15) is 61.8 Å². The molecule has 0 aromatic heterocycles. The molecule has 0 unspecified atom stereocenters. The van der Waals surface area contributed by atoms with Gasteiger partial charge in [0.25, 0.3) is 11.4 Å². The highest BCUT2D eigenvalue weighted by atomic mass is 32.2. The zero-order valence-electron chi connectivity index (χ0n) is 35.6. The summed E-state index contributed by atoms with van der Waals surface area (Å²) in [5.41, 5.74) is 8.90. The van der Waals surface area contributed by atoms with Gasteiger partial charge in [0.05, 0.1) is 30.8 Å². The fourth-order valence-electron chi connectivity index (χ4n) is 7.92. The largest absolute Gasteiger partial charge is 0.336 e. The Kier molecular flexibility index (Phi) is 15.2. The second kappa shape index (κ2) is 20.9. The van der Waals surface area contributed by atoms with Crippen molar-refractivity contribution in [2.24, 2.45) is 0 Å². The van der Waals surface area contributed by atoms with Crippen LogP contribution >= 0.6 is 11.8 Å². The number of nitrogens with zero attached hydrogens (tertiary/aromatic N) is 6. The molecule has 6 rings (SSSR count). The first kappa shape index (κ1) is 45.8. The van der Waals surface area contributed by atoms with Crippen LogP contribution < -0.4 is 10.9 Å². The molecule has 2 saturated heterocycles. The average molecular weight is 875 g/mol. The fourth-order valence-corrected chi connectivity index (χ4v) is 8.97. The van der Waals surface area contributed by atoms with Crippen LogP contribution in [0.15, 0.2) is 94.7 Å². The molecule has 2 N–H and O–H groups in total. The number of amides is 4. The third-order valence-corrected chi connectivity index (χ3v) is 12.2. The maximum atomic E-state index is 13.4. The molecule has 4 amide bonds. The second-order valence-corrected chi connectivity index (χ2v) is 16.7. The van der Waals surface area contributed by atoms with Crippen molar-refractivity contribution >= 4 is 59.9 Å². The summed E-state index contributed by atoms with van der Waals surface area (Å²) in [4.78, 5) is 78.0. The molecule has 2 fully saturated rings. The zero-order valence-corrected chi connectivity index (χ0v) is 36.4. The molecule has 0 bridgehead atoms. The minimum atomic E-state index is -0.481. The Morgan fingerprint density at radius 3 is 1.29 bits per heavy atom. The van der Waals surface area contributed by atoms with E-state index >= 15 is 0 Å². The van der Waals surface area contributed by atoms with Crippen LogP contribution in [0.2, 0.25) is 0 Å². The van der Waals surface area contributed by atoms with Gasteiger partial charge in [0, 0.05) is 64.5 Å². The predicted octanol–water partition coefficient (Wildman–Crippen LogP) is 6.87. The number of piperazine rings is 2. The summed E-state index contributed by atoms with van der Waals surface area (Å²) >= 11 is 0.911. The van der Waals surface area contributed by atoms with Crippen molar-refractivity contribution in [3.63, 3.8) is 0 Å². The van der Waals surface area contributed by atoms with Crippen LogP contribution in [0, 0.1) is 20.2 Å². The number of carbonyl (C=O) groups excluding carboxylic acids is 4. The number of carbonyl (C=O) groups is 4. The second-order valence-electron chi connectivity index (χ2n) is 15.6.